The third-order valence-electron chi connectivity index (χ3n) is 2.03. The predicted octanol–water partition coefficient (Wildman–Crippen LogP) is 2.52. The van der Waals surface area contributed by atoms with E-state index in [1.54, 1.807) is 12.3 Å². The highest BCUT2D eigenvalue weighted by molar-refractivity contribution is 5.93. The molecule has 0 spiro atoms. The minimum Gasteiger partial charge on any atom is -0.456 e. The first-order valence-electron chi connectivity index (χ1n) is 5.12. The molecule has 0 fully saturated rings. The van der Waals surface area contributed by atoms with E-state index in [0.29, 0.717) is 5.56 Å². The van der Waals surface area contributed by atoms with Crippen LogP contribution in [0.25, 0.3) is 11.0 Å². The van der Waals surface area contributed by atoms with Crippen molar-refractivity contribution in [1.82, 2.24) is 9.97 Å². The lowest BCUT2D eigenvalue weighted by Gasteiger charge is -2.19. The molecule has 0 aliphatic carbocycles. The molecule has 0 aromatic carbocycles. The number of H-pyrrole nitrogens is 1. The van der Waals surface area contributed by atoms with Crippen molar-refractivity contribution in [1.29, 1.82) is 0 Å². The highest BCUT2D eigenvalue weighted by Crippen LogP contribution is 2.15. The van der Waals surface area contributed by atoms with Crippen molar-refractivity contribution in [3.05, 3.63) is 30.1 Å². The van der Waals surface area contributed by atoms with E-state index >= 15 is 0 Å². The van der Waals surface area contributed by atoms with Crippen molar-refractivity contribution in [2.75, 3.05) is 0 Å². The van der Waals surface area contributed by atoms with Crippen LogP contribution in [-0.2, 0) is 4.74 Å². The number of fused-ring (bicyclic) bond motifs is 1. The van der Waals surface area contributed by atoms with E-state index in [-0.39, 0.29) is 5.97 Å². The van der Waals surface area contributed by atoms with E-state index in [1.807, 2.05) is 26.8 Å². The first-order chi connectivity index (χ1) is 7.46. The Labute approximate surface area is 93.6 Å². The lowest BCUT2D eigenvalue weighted by molar-refractivity contribution is 0.00693. The third kappa shape index (κ3) is 2.21. The van der Waals surface area contributed by atoms with Gasteiger partial charge < -0.3 is 9.72 Å². The van der Waals surface area contributed by atoms with E-state index in [2.05, 4.69) is 9.97 Å². The van der Waals surface area contributed by atoms with Gasteiger partial charge in [-0.25, -0.2) is 9.78 Å². The second-order valence-electron chi connectivity index (χ2n) is 4.64. The standard InChI is InChI=1S/C12H14N2O2/c1-12(2,3)16-11(15)9-6-8-4-5-13-10(8)14-7-9/h4-7H,1-3H3,(H,13,14). The molecule has 0 saturated carbocycles. The Kier molecular flexibility index (Phi) is 2.42. The molecule has 84 valence electrons. The Morgan fingerprint density at radius 3 is 2.88 bits per heavy atom. The molecule has 2 aromatic heterocycles. The van der Waals surface area contributed by atoms with Gasteiger partial charge in [-0.1, -0.05) is 0 Å². The van der Waals surface area contributed by atoms with Gasteiger partial charge in [0, 0.05) is 17.8 Å². The average Bonchev–Trinajstić information content (AvgIpc) is 2.61. The van der Waals surface area contributed by atoms with Crippen molar-refractivity contribution >= 4 is 17.0 Å². The average molecular weight is 218 g/mol. The molecule has 0 bridgehead atoms. The highest BCUT2D eigenvalue weighted by atomic mass is 16.6. The van der Waals surface area contributed by atoms with E-state index in [9.17, 15) is 4.79 Å². The van der Waals surface area contributed by atoms with Gasteiger partial charge in [-0.05, 0) is 32.9 Å². The number of esters is 1. The van der Waals surface area contributed by atoms with Crippen LogP contribution in [0.5, 0.6) is 0 Å². The SMILES string of the molecule is CC(C)(C)OC(=O)c1cnc2[nH]ccc2c1. The number of ether oxygens (including phenoxy) is 1. The number of nitrogens with one attached hydrogen (secondary N) is 1. The van der Waals surface area contributed by atoms with E-state index in [0.717, 1.165) is 11.0 Å². The number of carbonyl (C=O) groups excluding carboxylic acids is 1. The summed E-state index contributed by atoms with van der Waals surface area (Å²) in [6, 6.07) is 3.64. The maximum atomic E-state index is 11.8. The van der Waals surface area contributed by atoms with Gasteiger partial charge in [0.15, 0.2) is 0 Å². The van der Waals surface area contributed by atoms with Crippen molar-refractivity contribution < 1.29 is 9.53 Å². The summed E-state index contributed by atoms with van der Waals surface area (Å²) in [6.07, 6.45) is 3.31. The largest absolute Gasteiger partial charge is 0.456 e. The zero-order valence-corrected chi connectivity index (χ0v) is 9.57. The topological polar surface area (TPSA) is 55.0 Å². The molecule has 0 unspecified atom stereocenters. The summed E-state index contributed by atoms with van der Waals surface area (Å²) in [5, 5.41) is 0.906. The quantitative estimate of drug-likeness (QED) is 0.748. The van der Waals surface area contributed by atoms with Crippen LogP contribution in [-0.4, -0.2) is 21.5 Å². The molecule has 4 heteroatoms. The first kappa shape index (κ1) is 10.7. The van der Waals surface area contributed by atoms with Gasteiger partial charge in [0.2, 0.25) is 0 Å². The molecule has 0 saturated heterocycles. The molecular formula is C12H14N2O2. The Balaban J connectivity index is 2.29. The second-order valence-corrected chi connectivity index (χ2v) is 4.64. The molecule has 0 aliphatic rings. The number of aromatic nitrogens is 2. The number of nitrogens with zero attached hydrogens (tertiary/aromatic N) is 1. The Hall–Kier alpha value is -1.84. The highest BCUT2D eigenvalue weighted by Gasteiger charge is 2.18. The van der Waals surface area contributed by atoms with E-state index in [4.69, 9.17) is 4.74 Å². The maximum Gasteiger partial charge on any atom is 0.340 e. The van der Waals surface area contributed by atoms with Gasteiger partial charge in [0.25, 0.3) is 0 Å². The van der Waals surface area contributed by atoms with Gasteiger partial charge in [-0.2, -0.15) is 0 Å². The molecule has 0 radical (unpaired) electrons. The Morgan fingerprint density at radius 2 is 2.19 bits per heavy atom. The van der Waals surface area contributed by atoms with E-state index in [1.165, 1.54) is 6.20 Å². The summed E-state index contributed by atoms with van der Waals surface area (Å²) in [5.74, 6) is -0.344. The number of rotatable bonds is 1. The summed E-state index contributed by atoms with van der Waals surface area (Å²) in [6.45, 7) is 5.52. The fourth-order valence-electron chi connectivity index (χ4n) is 1.39. The van der Waals surface area contributed by atoms with Crippen LogP contribution >= 0.6 is 0 Å². The fourth-order valence-corrected chi connectivity index (χ4v) is 1.39. The lowest BCUT2D eigenvalue weighted by atomic mass is 10.2. The molecule has 2 heterocycles. The van der Waals surface area contributed by atoms with Gasteiger partial charge in [-0.15, -0.1) is 0 Å². The molecule has 0 aliphatic heterocycles. The second kappa shape index (κ2) is 3.63. The zero-order valence-electron chi connectivity index (χ0n) is 9.57. The predicted molar refractivity (Wildman–Crippen MR) is 61.3 cm³/mol. The lowest BCUT2D eigenvalue weighted by Crippen LogP contribution is -2.23. The number of carbonyl (C=O) groups is 1. The third-order valence-corrected chi connectivity index (χ3v) is 2.03. The normalized spacial score (nSPS) is 11.7. The molecular weight excluding hydrogens is 204 g/mol. The molecule has 2 aromatic rings. The summed E-state index contributed by atoms with van der Waals surface area (Å²) in [4.78, 5) is 18.9. The summed E-state index contributed by atoms with van der Waals surface area (Å²) >= 11 is 0. The summed E-state index contributed by atoms with van der Waals surface area (Å²) < 4.78 is 5.26. The molecule has 2 rings (SSSR count). The summed E-state index contributed by atoms with van der Waals surface area (Å²) in [5.41, 5.74) is 0.763. The molecule has 0 amide bonds. The van der Waals surface area contributed by atoms with Gasteiger partial charge in [0.05, 0.1) is 5.56 Å². The van der Waals surface area contributed by atoms with Crippen LogP contribution in [0.1, 0.15) is 31.1 Å². The minimum absolute atomic E-state index is 0.344. The van der Waals surface area contributed by atoms with Gasteiger partial charge in [0.1, 0.15) is 11.2 Å². The van der Waals surface area contributed by atoms with Crippen LogP contribution < -0.4 is 0 Å². The number of hydrogen-bond acceptors (Lipinski definition) is 3. The van der Waals surface area contributed by atoms with Crippen LogP contribution in [0.3, 0.4) is 0 Å². The molecule has 0 atom stereocenters. The van der Waals surface area contributed by atoms with Crippen molar-refractivity contribution in [3.8, 4) is 0 Å². The first-order valence-corrected chi connectivity index (χ1v) is 5.12. The fraction of sp³-hybridized carbons (Fsp3) is 0.333. The van der Waals surface area contributed by atoms with E-state index < -0.39 is 5.60 Å². The van der Waals surface area contributed by atoms with Crippen molar-refractivity contribution in [3.63, 3.8) is 0 Å². The monoisotopic (exact) mass is 218 g/mol. The minimum atomic E-state index is -0.482. The molecule has 16 heavy (non-hydrogen) atoms. The Bertz CT molecular complexity index is 523. The van der Waals surface area contributed by atoms with Crippen LogP contribution in [0.4, 0.5) is 0 Å². The zero-order chi connectivity index (χ0) is 11.8. The maximum absolute atomic E-state index is 11.8. The van der Waals surface area contributed by atoms with Crippen LogP contribution in [0, 0.1) is 0 Å². The molecule has 1 N–H and O–H groups in total. The van der Waals surface area contributed by atoms with Gasteiger partial charge >= 0.3 is 5.97 Å². The number of hydrogen-bond donors (Lipinski definition) is 1. The number of aromatic amines is 1. The summed E-state index contributed by atoms with van der Waals surface area (Å²) in [7, 11) is 0. The van der Waals surface area contributed by atoms with Gasteiger partial charge in [-0.3, -0.25) is 0 Å². The van der Waals surface area contributed by atoms with Crippen LogP contribution in [0.2, 0.25) is 0 Å². The molecule has 4 nitrogen and oxygen atoms in total. The van der Waals surface area contributed by atoms with Crippen LogP contribution in [0.15, 0.2) is 24.5 Å². The smallest absolute Gasteiger partial charge is 0.340 e. The van der Waals surface area contributed by atoms with Crippen molar-refractivity contribution in [2.45, 2.75) is 26.4 Å². The Morgan fingerprint density at radius 1 is 1.44 bits per heavy atom. The number of pyridine rings is 1. The van der Waals surface area contributed by atoms with Crippen molar-refractivity contribution in [2.24, 2.45) is 0 Å².